The Labute approximate surface area is 117 Å². The van der Waals surface area contributed by atoms with E-state index in [2.05, 4.69) is 6.92 Å². The standard InChI is InChI=1S/C15H21F3O2/c1-3-4-5-6-11-20-13-9-7-12(8-10-13)14(2,19)15(16,17)18/h7-10,19H,3-6,11H2,1-2H3. The summed E-state index contributed by atoms with van der Waals surface area (Å²) in [6.45, 7) is 3.41. The third kappa shape index (κ3) is 4.40. The van der Waals surface area contributed by atoms with Crippen LogP contribution in [0.1, 0.15) is 45.1 Å². The first kappa shape index (κ1) is 16.8. The van der Waals surface area contributed by atoms with Gasteiger partial charge in [-0.2, -0.15) is 13.2 Å². The van der Waals surface area contributed by atoms with E-state index >= 15 is 0 Å². The summed E-state index contributed by atoms with van der Waals surface area (Å²) in [4.78, 5) is 0. The van der Waals surface area contributed by atoms with Crippen molar-refractivity contribution in [1.82, 2.24) is 0 Å². The third-order valence-electron chi connectivity index (χ3n) is 3.24. The molecule has 114 valence electrons. The van der Waals surface area contributed by atoms with Crippen molar-refractivity contribution in [2.75, 3.05) is 6.61 Å². The zero-order valence-electron chi connectivity index (χ0n) is 11.8. The summed E-state index contributed by atoms with van der Waals surface area (Å²) in [5, 5.41) is 9.52. The topological polar surface area (TPSA) is 29.5 Å². The van der Waals surface area contributed by atoms with Crippen LogP contribution in [0.15, 0.2) is 24.3 Å². The lowest BCUT2D eigenvalue weighted by Gasteiger charge is -2.26. The molecule has 2 nitrogen and oxygen atoms in total. The highest BCUT2D eigenvalue weighted by atomic mass is 19.4. The monoisotopic (exact) mass is 290 g/mol. The molecule has 1 N–H and O–H groups in total. The Morgan fingerprint density at radius 2 is 1.65 bits per heavy atom. The predicted octanol–water partition coefficient (Wildman–Crippen LogP) is 4.42. The molecule has 0 aromatic heterocycles. The molecule has 1 aromatic rings. The summed E-state index contributed by atoms with van der Waals surface area (Å²) in [7, 11) is 0. The molecular weight excluding hydrogens is 269 g/mol. The van der Waals surface area contributed by atoms with Crippen LogP contribution in [0.3, 0.4) is 0 Å². The first-order valence-corrected chi connectivity index (χ1v) is 6.81. The van der Waals surface area contributed by atoms with E-state index < -0.39 is 11.8 Å². The van der Waals surface area contributed by atoms with Crippen molar-refractivity contribution in [3.05, 3.63) is 29.8 Å². The van der Waals surface area contributed by atoms with Gasteiger partial charge in [-0.25, -0.2) is 0 Å². The molecule has 5 heteroatoms. The second kappa shape index (κ2) is 6.97. The van der Waals surface area contributed by atoms with Crippen LogP contribution >= 0.6 is 0 Å². The Kier molecular flexibility index (Phi) is 5.87. The number of halogens is 3. The molecule has 0 spiro atoms. The normalized spacial score (nSPS) is 14.9. The van der Waals surface area contributed by atoms with E-state index in [1.807, 2.05) is 0 Å². The number of benzene rings is 1. The Morgan fingerprint density at radius 1 is 1.05 bits per heavy atom. The largest absolute Gasteiger partial charge is 0.494 e. The van der Waals surface area contributed by atoms with Crippen molar-refractivity contribution >= 4 is 0 Å². The van der Waals surface area contributed by atoms with Crippen molar-refractivity contribution in [2.45, 2.75) is 51.3 Å². The molecule has 0 saturated carbocycles. The second-order valence-electron chi connectivity index (χ2n) is 5.00. The molecule has 0 aliphatic carbocycles. The Hall–Kier alpha value is -1.23. The van der Waals surface area contributed by atoms with E-state index in [9.17, 15) is 18.3 Å². The molecule has 1 atom stereocenters. The van der Waals surface area contributed by atoms with Crippen molar-refractivity contribution in [1.29, 1.82) is 0 Å². The number of aliphatic hydroxyl groups is 1. The van der Waals surface area contributed by atoms with Gasteiger partial charge < -0.3 is 9.84 Å². The summed E-state index contributed by atoms with van der Waals surface area (Å²) < 4.78 is 43.4. The molecule has 1 unspecified atom stereocenters. The van der Waals surface area contributed by atoms with E-state index in [4.69, 9.17) is 4.74 Å². The minimum atomic E-state index is -4.70. The molecule has 20 heavy (non-hydrogen) atoms. The molecular formula is C15H21F3O2. The molecule has 0 fully saturated rings. The van der Waals surface area contributed by atoms with Crippen LogP contribution in [0.25, 0.3) is 0 Å². The van der Waals surface area contributed by atoms with E-state index in [-0.39, 0.29) is 5.56 Å². The van der Waals surface area contributed by atoms with Gasteiger partial charge in [0.05, 0.1) is 6.61 Å². The lowest BCUT2D eigenvalue weighted by molar-refractivity contribution is -0.258. The molecule has 0 radical (unpaired) electrons. The van der Waals surface area contributed by atoms with E-state index in [1.165, 1.54) is 24.3 Å². The lowest BCUT2D eigenvalue weighted by Crippen LogP contribution is -2.39. The van der Waals surface area contributed by atoms with Gasteiger partial charge in [-0.1, -0.05) is 38.3 Å². The summed E-state index contributed by atoms with van der Waals surface area (Å²) in [5.41, 5.74) is -3.03. The SMILES string of the molecule is CCCCCCOc1ccc(C(C)(O)C(F)(F)F)cc1. The predicted molar refractivity (Wildman–Crippen MR) is 71.7 cm³/mol. The van der Waals surface area contributed by atoms with Crippen LogP contribution in [0, 0.1) is 0 Å². The number of ether oxygens (including phenoxy) is 1. The first-order chi connectivity index (χ1) is 9.29. The summed E-state index contributed by atoms with van der Waals surface area (Å²) in [6.07, 6.45) is -0.402. The van der Waals surface area contributed by atoms with Crippen molar-refractivity contribution in [3.63, 3.8) is 0 Å². The Bertz CT molecular complexity index is 397. The van der Waals surface area contributed by atoms with Gasteiger partial charge in [0.15, 0.2) is 5.60 Å². The summed E-state index contributed by atoms with van der Waals surface area (Å²) in [6, 6.07) is 5.40. The average Bonchev–Trinajstić information content (AvgIpc) is 2.38. The maximum atomic E-state index is 12.7. The van der Waals surface area contributed by atoms with E-state index in [0.717, 1.165) is 32.6 Å². The van der Waals surface area contributed by atoms with Gasteiger partial charge in [0.2, 0.25) is 0 Å². The van der Waals surface area contributed by atoms with Crippen LogP contribution in [0.5, 0.6) is 5.75 Å². The Morgan fingerprint density at radius 3 is 2.15 bits per heavy atom. The fourth-order valence-electron chi connectivity index (χ4n) is 1.76. The van der Waals surface area contributed by atoms with Gasteiger partial charge in [-0.3, -0.25) is 0 Å². The average molecular weight is 290 g/mol. The third-order valence-corrected chi connectivity index (χ3v) is 3.24. The van der Waals surface area contributed by atoms with Crippen LogP contribution < -0.4 is 4.74 Å². The zero-order chi connectivity index (χ0) is 15.2. The van der Waals surface area contributed by atoms with Gasteiger partial charge in [-0.15, -0.1) is 0 Å². The van der Waals surface area contributed by atoms with Gasteiger partial charge in [0.25, 0.3) is 0 Å². The highest BCUT2D eigenvalue weighted by molar-refractivity contribution is 5.31. The lowest BCUT2D eigenvalue weighted by atomic mass is 9.95. The molecule has 0 bridgehead atoms. The molecule has 0 amide bonds. The van der Waals surface area contributed by atoms with Crippen LogP contribution in [-0.2, 0) is 5.60 Å². The molecule has 0 saturated heterocycles. The van der Waals surface area contributed by atoms with Crippen molar-refractivity contribution in [3.8, 4) is 5.75 Å². The molecule has 1 aromatic carbocycles. The second-order valence-corrected chi connectivity index (χ2v) is 5.00. The highest BCUT2D eigenvalue weighted by Gasteiger charge is 2.51. The van der Waals surface area contributed by atoms with Crippen molar-refractivity contribution < 1.29 is 23.0 Å². The maximum absolute atomic E-state index is 12.7. The molecule has 0 heterocycles. The quantitative estimate of drug-likeness (QED) is 0.753. The van der Waals surface area contributed by atoms with Gasteiger partial charge >= 0.3 is 6.18 Å². The van der Waals surface area contributed by atoms with Crippen LogP contribution in [0.2, 0.25) is 0 Å². The fourth-order valence-corrected chi connectivity index (χ4v) is 1.76. The number of rotatable bonds is 7. The first-order valence-electron chi connectivity index (χ1n) is 6.81. The zero-order valence-corrected chi connectivity index (χ0v) is 11.8. The minimum absolute atomic E-state index is 0.191. The smallest absolute Gasteiger partial charge is 0.421 e. The number of alkyl halides is 3. The van der Waals surface area contributed by atoms with Crippen LogP contribution in [0.4, 0.5) is 13.2 Å². The molecule has 1 rings (SSSR count). The number of unbranched alkanes of at least 4 members (excludes halogenated alkanes) is 3. The van der Waals surface area contributed by atoms with Gasteiger partial charge in [0, 0.05) is 0 Å². The Balaban J connectivity index is 2.56. The van der Waals surface area contributed by atoms with E-state index in [0.29, 0.717) is 12.4 Å². The molecule has 0 aliphatic rings. The minimum Gasteiger partial charge on any atom is -0.494 e. The van der Waals surface area contributed by atoms with Crippen molar-refractivity contribution in [2.24, 2.45) is 0 Å². The fraction of sp³-hybridized carbons (Fsp3) is 0.600. The molecule has 0 aliphatic heterocycles. The number of hydrogen-bond acceptors (Lipinski definition) is 2. The number of hydrogen-bond donors (Lipinski definition) is 1. The summed E-state index contributed by atoms with van der Waals surface area (Å²) >= 11 is 0. The maximum Gasteiger partial charge on any atom is 0.421 e. The van der Waals surface area contributed by atoms with E-state index in [1.54, 1.807) is 0 Å². The van der Waals surface area contributed by atoms with Gasteiger partial charge in [-0.05, 0) is 31.0 Å². The van der Waals surface area contributed by atoms with Crippen LogP contribution in [-0.4, -0.2) is 17.9 Å². The van der Waals surface area contributed by atoms with Gasteiger partial charge in [0.1, 0.15) is 5.75 Å². The summed E-state index contributed by atoms with van der Waals surface area (Å²) in [5.74, 6) is 0.517. The highest BCUT2D eigenvalue weighted by Crippen LogP contribution is 2.38.